The van der Waals surface area contributed by atoms with Crippen LogP contribution in [0.15, 0.2) is 11.4 Å². The van der Waals surface area contributed by atoms with Crippen molar-refractivity contribution in [3.8, 4) is 0 Å². The van der Waals surface area contributed by atoms with Crippen molar-refractivity contribution in [2.45, 2.75) is 25.9 Å². The van der Waals surface area contributed by atoms with Gasteiger partial charge in [-0.2, -0.15) is 0 Å². The van der Waals surface area contributed by atoms with Crippen molar-refractivity contribution in [2.24, 2.45) is 0 Å². The van der Waals surface area contributed by atoms with Crippen LogP contribution in [-0.2, 0) is 11.2 Å². The maximum absolute atomic E-state index is 10.6. The maximum Gasteiger partial charge on any atom is 0.335 e. The number of rotatable bonds is 3. The van der Waals surface area contributed by atoms with E-state index in [1.54, 1.807) is 0 Å². The Bertz CT molecular complexity index is 314. The predicted octanol–water partition coefficient (Wildman–Crippen LogP) is 1.43. The Morgan fingerprint density at radius 3 is 2.69 bits per heavy atom. The molecule has 3 nitrogen and oxygen atoms in total. The molecule has 4 heteroatoms. The van der Waals surface area contributed by atoms with Crippen molar-refractivity contribution in [1.29, 1.82) is 0 Å². The minimum atomic E-state index is -1.66. The molecule has 1 aromatic heterocycles. The molecule has 72 valence electrons. The number of carbonyl (C=O) groups is 1. The van der Waals surface area contributed by atoms with Gasteiger partial charge in [-0.1, -0.05) is 0 Å². The van der Waals surface area contributed by atoms with Gasteiger partial charge in [0.15, 0.2) is 5.60 Å². The second kappa shape index (κ2) is 3.47. The lowest BCUT2D eigenvalue weighted by molar-refractivity contribution is -0.156. The Morgan fingerprint density at radius 1 is 1.69 bits per heavy atom. The largest absolute Gasteiger partial charge is 0.479 e. The van der Waals surface area contributed by atoms with Crippen molar-refractivity contribution in [3.05, 3.63) is 21.9 Å². The molecule has 0 saturated carbocycles. The van der Waals surface area contributed by atoms with E-state index in [1.807, 2.05) is 18.4 Å². The van der Waals surface area contributed by atoms with Crippen molar-refractivity contribution >= 4 is 17.3 Å². The molecular weight excluding hydrogens is 188 g/mol. The molecule has 1 aromatic rings. The number of hydrogen-bond donors (Lipinski definition) is 2. The molecule has 0 fully saturated rings. The summed E-state index contributed by atoms with van der Waals surface area (Å²) in [5, 5.41) is 20.1. The molecule has 0 spiro atoms. The Labute approximate surface area is 80.6 Å². The van der Waals surface area contributed by atoms with E-state index in [-0.39, 0.29) is 6.42 Å². The van der Waals surface area contributed by atoms with Crippen molar-refractivity contribution in [2.75, 3.05) is 0 Å². The molecule has 0 aromatic carbocycles. The number of aliphatic carboxylic acids is 1. The highest BCUT2D eigenvalue weighted by Gasteiger charge is 2.30. The van der Waals surface area contributed by atoms with Crippen LogP contribution in [0.25, 0.3) is 0 Å². The van der Waals surface area contributed by atoms with Gasteiger partial charge in [0.2, 0.25) is 0 Å². The molecule has 0 bridgehead atoms. The van der Waals surface area contributed by atoms with E-state index in [2.05, 4.69) is 0 Å². The molecule has 2 N–H and O–H groups in total. The molecule has 0 saturated heterocycles. The third-order valence-corrected chi connectivity index (χ3v) is 2.82. The van der Waals surface area contributed by atoms with Crippen LogP contribution in [0.4, 0.5) is 0 Å². The number of carboxylic acids is 1. The fourth-order valence-corrected chi connectivity index (χ4v) is 2.02. The Kier molecular flexibility index (Phi) is 2.73. The van der Waals surface area contributed by atoms with Gasteiger partial charge in [0.05, 0.1) is 0 Å². The second-order valence-electron chi connectivity index (χ2n) is 3.35. The molecular formula is C9H12O3S. The van der Waals surface area contributed by atoms with Crippen LogP contribution >= 0.6 is 11.3 Å². The zero-order valence-corrected chi connectivity index (χ0v) is 8.39. The van der Waals surface area contributed by atoms with Gasteiger partial charge in [0, 0.05) is 11.3 Å². The molecule has 1 unspecified atom stereocenters. The van der Waals surface area contributed by atoms with E-state index in [0.29, 0.717) is 0 Å². The van der Waals surface area contributed by atoms with Crippen LogP contribution < -0.4 is 0 Å². The third kappa shape index (κ3) is 2.54. The monoisotopic (exact) mass is 200 g/mol. The number of aryl methyl sites for hydroxylation is 1. The van der Waals surface area contributed by atoms with E-state index in [9.17, 15) is 9.90 Å². The molecule has 0 radical (unpaired) electrons. The summed E-state index contributed by atoms with van der Waals surface area (Å²) in [4.78, 5) is 11.5. The summed E-state index contributed by atoms with van der Waals surface area (Å²) < 4.78 is 0. The first kappa shape index (κ1) is 10.2. The van der Waals surface area contributed by atoms with E-state index >= 15 is 0 Å². The Balaban J connectivity index is 2.74. The summed E-state index contributed by atoms with van der Waals surface area (Å²) in [6.45, 7) is 3.25. The van der Waals surface area contributed by atoms with Gasteiger partial charge in [0.1, 0.15) is 0 Å². The van der Waals surface area contributed by atoms with Gasteiger partial charge in [-0.3, -0.25) is 0 Å². The summed E-state index contributed by atoms with van der Waals surface area (Å²) in [6.07, 6.45) is 0.167. The van der Waals surface area contributed by atoms with Gasteiger partial charge < -0.3 is 10.2 Å². The van der Waals surface area contributed by atoms with E-state index in [1.165, 1.54) is 18.3 Å². The highest BCUT2D eigenvalue weighted by molar-refractivity contribution is 7.10. The van der Waals surface area contributed by atoms with Crippen LogP contribution in [0.3, 0.4) is 0 Å². The Hall–Kier alpha value is -0.870. The lowest BCUT2D eigenvalue weighted by atomic mass is 10.0. The summed E-state index contributed by atoms with van der Waals surface area (Å²) in [6, 6.07) is 1.89. The number of hydrogen-bond acceptors (Lipinski definition) is 3. The molecule has 1 rings (SSSR count). The van der Waals surface area contributed by atoms with Crippen molar-refractivity contribution in [1.82, 2.24) is 0 Å². The van der Waals surface area contributed by atoms with Crippen LogP contribution in [0.5, 0.6) is 0 Å². The van der Waals surface area contributed by atoms with Crippen LogP contribution in [0.2, 0.25) is 0 Å². The van der Waals surface area contributed by atoms with E-state index in [4.69, 9.17) is 5.11 Å². The standard InChI is InChI=1S/C9H12O3S/c1-6-3-7(13-5-6)4-9(2,12)8(10)11/h3,5,12H,4H2,1-2H3,(H,10,11). The fraction of sp³-hybridized carbons (Fsp3) is 0.444. The lowest BCUT2D eigenvalue weighted by Crippen LogP contribution is -2.36. The molecule has 1 heterocycles. The normalized spacial score (nSPS) is 15.3. The fourth-order valence-electron chi connectivity index (χ4n) is 0.998. The van der Waals surface area contributed by atoms with E-state index < -0.39 is 11.6 Å². The molecule has 1 atom stereocenters. The first-order valence-corrected chi connectivity index (χ1v) is 4.79. The number of thiophene rings is 1. The molecule has 0 aliphatic heterocycles. The summed E-state index contributed by atoms with van der Waals surface area (Å²) in [5.74, 6) is -1.18. The zero-order valence-electron chi connectivity index (χ0n) is 7.57. The van der Waals surface area contributed by atoms with Gasteiger partial charge in [-0.05, 0) is 30.9 Å². The smallest absolute Gasteiger partial charge is 0.335 e. The van der Waals surface area contributed by atoms with Crippen LogP contribution in [0.1, 0.15) is 17.4 Å². The maximum atomic E-state index is 10.6. The lowest BCUT2D eigenvalue weighted by Gasteiger charge is -2.16. The summed E-state index contributed by atoms with van der Waals surface area (Å²) in [7, 11) is 0. The highest BCUT2D eigenvalue weighted by atomic mass is 32.1. The highest BCUT2D eigenvalue weighted by Crippen LogP contribution is 2.20. The minimum absolute atomic E-state index is 0.167. The van der Waals surface area contributed by atoms with Gasteiger partial charge in [0.25, 0.3) is 0 Å². The third-order valence-electron chi connectivity index (χ3n) is 1.76. The summed E-state index contributed by atoms with van der Waals surface area (Å²) in [5.41, 5.74) is -0.557. The van der Waals surface area contributed by atoms with Gasteiger partial charge in [-0.15, -0.1) is 11.3 Å². The van der Waals surface area contributed by atoms with Gasteiger partial charge in [-0.25, -0.2) is 4.79 Å². The summed E-state index contributed by atoms with van der Waals surface area (Å²) >= 11 is 1.47. The van der Waals surface area contributed by atoms with Crippen LogP contribution in [-0.4, -0.2) is 21.8 Å². The molecule has 0 aliphatic rings. The minimum Gasteiger partial charge on any atom is -0.479 e. The number of carboxylic acid groups (broad SMARTS) is 1. The number of aliphatic hydroxyl groups is 1. The quantitative estimate of drug-likeness (QED) is 0.776. The Morgan fingerprint density at radius 2 is 2.31 bits per heavy atom. The molecule has 13 heavy (non-hydrogen) atoms. The average Bonchev–Trinajstić information content (AvgIpc) is 2.34. The van der Waals surface area contributed by atoms with Crippen molar-refractivity contribution in [3.63, 3.8) is 0 Å². The second-order valence-corrected chi connectivity index (χ2v) is 4.34. The first-order valence-electron chi connectivity index (χ1n) is 3.91. The van der Waals surface area contributed by atoms with E-state index in [0.717, 1.165) is 10.4 Å². The SMILES string of the molecule is Cc1csc(CC(C)(O)C(=O)O)c1. The average molecular weight is 200 g/mol. The molecule has 0 aliphatic carbocycles. The van der Waals surface area contributed by atoms with Gasteiger partial charge >= 0.3 is 5.97 Å². The van der Waals surface area contributed by atoms with Crippen molar-refractivity contribution < 1.29 is 15.0 Å². The zero-order chi connectivity index (χ0) is 10.1. The molecule has 0 amide bonds. The first-order chi connectivity index (χ1) is 5.92. The van der Waals surface area contributed by atoms with Crippen LogP contribution in [0, 0.1) is 6.92 Å². The predicted molar refractivity (Wildman–Crippen MR) is 51.0 cm³/mol. The topological polar surface area (TPSA) is 57.5 Å².